The van der Waals surface area contributed by atoms with E-state index in [9.17, 15) is 5.11 Å². The topological polar surface area (TPSA) is 56.5 Å². The maximum absolute atomic E-state index is 10.5. The van der Waals surface area contributed by atoms with Crippen LogP contribution in [0.15, 0.2) is 6.20 Å². The van der Waals surface area contributed by atoms with Crippen LogP contribution >= 0.6 is 0 Å². The third-order valence-corrected chi connectivity index (χ3v) is 2.92. The molecule has 18 heavy (non-hydrogen) atoms. The Kier molecular flexibility index (Phi) is 5.62. The third kappa shape index (κ3) is 3.03. The lowest BCUT2D eigenvalue weighted by Crippen LogP contribution is -2.25. The van der Waals surface area contributed by atoms with Crippen LogP contribution in [-0.2, 0) is 4.74 Å². The van der Waals surface area contributed by atoms with Crippen LogP contribution in [0.2, 0.25) is 0 Å². The first-order chi connectivity index (χ1) is 8.56. The van der Waals surface area contributed by atoms with E-state index in [-0.39, 0.29) is 12.1 Å². The molecule has 0 spiro atoms. The van der Waals surface area contributed by atoms with Crippen LogP contribution in [0.4, 0.5) is 0 Å². The van der Waals surface area contributed by atoms with Gasteiger partial charge in [-0.05, 0) is 27.2 Å². The van der Waals surface area contributed by atoms with Gasteiger partial charge in [0, 0.05) is 12.6 Å². The third-order valence-electron chi connectivity index (χ3n) is 2.92. The van der Waals surface area contributed by atoms with Gasteiger partial charge in [-0.15, -0.1) is 0 Å². The molecule has 104 valence electrons. The molecule has 5 heteroatoms. The predicted octanol–water partition coefficient (Wildman–Crippen LogP) is 2.32. The molecule has 0 saturated heterocycles. The van der Waals surface area contributed by atoms with Gasteiger partial charge >= 0.3 is 0 Å². The van der Waals surface area contributed by atoms with Gasteiger partial charge in [0.2, 0.25) is 0 Å². The van der Waals surface area contributed by atoms with Crippen LogP contribution in [-0.4, -0.2) is 34.7 Å². The largest absolute Gasteiger partial charge is 0.493 e. The zero-order valence-electron chi connectivity index (χ0n) is 11.9. The maximum Gasteiger partial charge on any atom is 0.162 e. The molecule has 0 aromatic carbocycles. The van der Waals surface area contributed by atoms with Gasteiger partial charge in [-0.1, -0.05) is 6.92 Å². The Hall–Kier alpha value is -1.07. The number of nitrogens with zero attached hydrogens (tertiary/aromatic N) is 2. The lowest BCUT2D eigenvalue weighted by molar-refractivity contribution is -0.0403. The van der Waals surface area contributed by atoms with Crippen molar-refractivity contribution in [2.24, 2.45) is 0 Å². The Morgan fingerprint density at radius 3 is 2.50 bits per heavy atom. The first kappa shape index (κ1) is 15.0. The minimum atomic E-state index is -0.727. The van der Waals surface area contributed by atoms with Crippen molar-refractivity contribution < 1.29 is 14.6 Å². The van der Waals surface area contributed by atoms with Gasteiger partial charge in [0.15, 0.2) is 5.75 Å². The highest BCUT2D eigenvalue weighted by Crippen LogP contribution is 2.31. The fourth-order valence-corrected chi connectivity index (χ4v) is 2.03. The summed E-state index contributed by atoms with van der Waals surface area (Å²) in [7, 11) is 1.58. The molecule has 0 radical (unpaired) electrons. The van der Waals surface area contributed by atoms with Crippen molar-refractivity contribution in [3.63, 3.8) is 0 Å². The van der Waals surface area contributed by atoms with Crippen molar-refractivity contribution in [3.05, 3.63) is 11.9 Å². The normalized spacial score (nSPS) is 14.8. The number of aliphatic hydroxyl groups is 1. The number of hydrogen-bond donors (Lipinski definition) is 1. The van der Waals surface area contributed by atoms with Gasteiger partial charge in [-0.2, -0.15) is 5.10 Å². The lowest BCUT2D eigenvalue weighted by Gasteiger charge is -2.24. The first-order valence-corrected chi connectivity index (χ1v) is 6.47. The van der Waals surface area contributed by atoms with E-state index in [1.54, 1.807) is 18.0 Å². The second-order valence-corrected chi connectivity index (χ2v) is 4.48. The molecule has 0 saturated carbocycles. The summed E-state index contributed by atoms with van der Waals surface area (Å²) in [6.45, 7) is 8.53. The minimum absolute atomic E-state index is 0.165. The first-order valence-electron chi connectivity index (χ1n) is 6.47. The van der Waals surface area contributed by atoms with Crippen LogP contribution < -0.4 is 4.74 Å². The SMILES string of the molecule is CCOC(CC)C(O)c1c(OC)cnn1C(C)C. The summed E-state index contributed by atoms with van der Waals surface area (Å²) in [6, 6.07) is 0.165. The van der Waals surface area contributed by atoms with E-state index in [1.165, 1.54) is 0 Å². The van der Waals surface area contributed by atoms with Gasteiger partial charge in [-0.25, -0.2) is 0 Å². The van der Waals surface area contributed by atoms with Crippen molar-refractivity contribution in [2.75, 3.05) is 13.7 Å². The van der Waals surface area contributed by atoms with Crippen molar-refractivity contribution in [1.82, 2.24) is 9.78 Å². The molecular weight excluding hydrogens is 232 g/mol. The Morgan fingerprint density at radius 1 is 1.39 bits per heavy atom. The fourth-order valence-electron chi connectivity index (χ4n) is 2.03. The van der Waals surface area contributed by atoms with Gasteiger partial charge in [-0.3, -0.25) is 4.68 Å². The van der Waals surface area contributed by atoms with Gasteiger partial charge in [0.25, 0.3) is 0 Å². The van der Waals surface area contributed by atoms with Crippen molar-refractivity contribution in [1.29, 1.82) is 0 Å². The standard InChI is InChI=1S/C13H24N2O3/c1-6-10(18-7-2)13(16)12-11(17-5)8-14-15(12)9(3)4/h8-10,13,16H,6-7H2,1-5H3. The van der Waals surface area contributed by atoms with E-state index in [2.05, 4.69) is 5.10 Å². The summed E-state index contributed by atoms with van der Waals surface area (Å²) in [5.74, 6) is 0.606. The molecule has 2 atom stereocenters. The molecule has 0 aliphatic rings. The van der Waals surface area contributed by atoms with Crippen LogP contribution in [0, 0.1) is 0 Å². The van der Waals surface area contributed by atoms with E-state index in [1.807, 2.05) is 27.7 Å². The predicted molar refractivity (Wildman–Crippen MR) is 69.8 cm³/mol. The van der Waals surface area contributed by atoms with Crippen LogP contribution in [0.5, 0.6) is 5.75 Å². The summed E-state index contributed by atoms with van der Waals surface area (Å²) < 4.78 is 12.6. The summed E-state index contributed by atoms with van der Waals surface area (Å²) in [6.07, 6.45) is 1.41. The van der Waals surface area contributed by atoms with E-state index in [4.69, 9.17) is 9.47 Å². The van der Waals surface area contributed by atoms with E-state index < -0.39 is 6.10 Å². The number of methoxy groups -OCH3 is 1. The average Bonchev–Trinajstić information content (AvgIpc) is 2.78. The maximum atomic E-state index is 10.5. The van der Waals surface area contributed by atoms with Gasteiger partial charge < -0.3 is 14.6 Å². The highest BCUT2D eigenvalue weighted by Gasteiger charge is 2.28. The zero-order chi connectivity index (χ0) is 13.7. The van der Waals surface area contributed by atoms with Crippen LogP contribution in [0.1, 0.15) is 52.0 Å². The molecule has 1 N–H and O–H groups in total. The van der Waals surface area contributed by atoms with Gasteiger partial charge in [0.1, 0.15) is 11.8 Å². The number of aliphatic hydroxyl groups excluding tert-OH is 1. The van der Waals surface area contributed by atoms with Gasteiger partial charge in [0.05, 0.1) is 19.4 Å². The molecule has 0 aliphatic carbocycles. The minimum Gasteiger partial charge on any atom is -0.493 e. The number of rotatable bonds is 7. The molecule has 1 heterocycles. The monoisotopic (exact) mass is 256 g/mol. The molecule has 1 aromatic heterocycles. The quantitative estimate of drug-likeness (QED) is 0.813. The molecule has 0 aliphatic heterocycles. The molecular formula is C13H24N2O3. The highest BCUT2D eigenvalue weighted by atomic mass is 16.5. The average molecular weight is 256 g/mol. The van der Waals surface area contributed by atoms with E-state index in [0.29, 0.717) is 18.1 Å². The number of aromatic nitrogens is 2. The smallest absolute Gasteiger partial charge is 0.162 e. The van der Waals surface area contributed by atoms with Crippen LogP contribution in [0.25, 0.3) is 0 Å². The molecule has 0 amide bonds. The number of hydrogen-bond acceptors (Lipinski definition) is 4. The number of ether oxygens (including phenoxy) is 2. The molecule has 5 nitrogen and oxygen atoms in total. The zero-order valence-corrected chi connectivity index (χ0v) is 11.9. The van der Waals surface area contributed by atoms with Crippen molar-refractivity contribution in [3.8, 4) is 5.75 Å². The Bertz CT molecular complexity index is 363. The second kappa shape index (κ2) is 6.75. The Labute approximate surface area is 109 Å². The van der Waals surface area contributed by atoms with E-state index in [0.717, 1.165) is 6.42 Å². The summed E-state index contributed by atoms with van der Waals surface area (Å²) >= 11 is 0. The van der Waals surface area contributed by atoms with Crippen molar-refractivity contribution >= 4 is 0 Å². The van der Waals surface area contributed by atoms with E-state index >= 15 is 0 Å². The summed E-state index contributed by atoms with van der Waals surface area (Å²) in [5, 5.41) is 14.7. The Balaban J connectivity index is 3.08. The molecule has 2 unspecified atom stereocenters. The molecule has 1 rings (SSSR count). The lowest BCUT2D eigenvalue weighted by atomic mass is 10.1. The Morgan fingerprint density at radius 2 is 2.06 bits per heavy atom. The van der Waals surface area contributed by atoms with Crippen LogP contribution in [0.3, 0.4) is 0 Å². The second-order valence-electron chi connectivity index (χ2n) is 4.48. The summed E-state index contributed by atoms with van der Waals surface area (Å²) in [5.41, 5.74) is 0.688. The molecule has 0 bridgehead atoms. The fraction of sp³-hybridized carbons (Fsp3) is 0.769. The van der Waals surface area contributed by atoms with Crippen molar-refractivity contribution in [2.45, 2.75) is 52.4 Å². The highest BCUT2D eigenvalue weighted by molar-refractivity contribution is 5.28. The molecule has 0 fully saturated rings. The summed E-state index contributed by atoms with van der Waals surface area (Å²) in [4.78, 5) is 0. The molecule has 1 aromatic rings.